The minimum Gasteiger partial charge on any atom is -0.478 e. The topological polar surface area (TPSA) is 108 Å². The Morgan fingerprint density at radius 3 is 1.57 bits per heavy atom. The van der Waals surface area contributed by atoms with Crippen LogP contribution in [-0.4, -0.2) is 53.6 Å². The molecule has 1 aromatic carbocycles. The third-order valence-electron chi connectivity index (χ3n) is 8.69. The van der Waals surface area contributed by atoms with Gasteiger partial charge < -0.3 is 15.1 Å². The zero-order valence-electron chi connectivity index (χ0n) is 26.2. The monoisotopic (exact) mass is 665 g/mol. The van der Waals surface area contributed by atoms with Gasteiger partial charge in [0.05, 0.1) is 39.7 Å². The first-order valence-corrected chi connectivity index (χ1v) is 15.3. The second kappa shape index (κ2) is 12.4. The largest absolute Gasteiger partial charge is 4.00 e. The number of H-pyrrole nitrogens is 2. The smallest absolute Gasteiger partial charge is 0.478 e. The molecule has 7 nitrogen and oxygen atoms in total. The Bertz CT molecular complexity index is 2110. The second-order valence-electron chi connectivity index (χ2n) is 11.5. The van der Waals surface area contributed by atoms with Crippen LogP contribution >= 0.6 is 0 Å². The van der Waals surface area contributed by atoms with Crippen LogP contribution in [-0.2, 0) is 0 Å². The number of carbonyl (C=O) groups is 1. The number of allylic oxidation sites excluding steroid dienone is 4. The van der Waals surface area contributed by atoms with Gasteiger partial charge in [-0.15, -0.1) is 0 Å². The van der Waals surface area contributed by atoms with Crippen LogP contribution in [0.2, 0.25) is 0 Å². The number of nitrogens with zero attached hydrogens (tertiary/aromatic N) is 3. The number of rotatable bonds is 4. The Kier molecular flexibility index (Phi) is 8.36. The van der Waals surface area contributed by atoms with E-state index >= 15 is 0 Å². The van der Waals surface area contributed by atoms with Crippen LogP contribution in [0.3, 0.4) is 0 Å². The normalized spacial score (nSPS) is 13.1. The number of hydrogen-bond acceptors (Lipinski definition) is 4. The first-order chi connectivity index (χ1) is 21.8. The van der Waals surface area contributed by atoms with Crippen molar-refractivity contribution in [3.8, 4) is 11.1 Å². The van der Waals surface area contributed by atoms with E-state index in [9.17, 15) is 9.90 Å². The van der Waals surface area contributed by atoms with E-state index in [0.29, 0.717) is 0 Å². The van der Waals surface area contributed by atoms with E-state index in [2.05, 4.69) is 86.2 Å². The van der Waals surface area contributed by atoms with Gasteiger partial charge in [-0.1, -0.05) is 26.0 Å². The molecule has 3 aromatic heterocycles. The van der Waals surface area contributed by atoms with Gasteiger partial charge in [-0.25, -0.2) is 19.7 Å². The molecule has 3 N–H and O–H groups in total. The zero-order chi connectivity index (χ0) is 31.2. The summed E-state index contributed by atoms with van der Waals surface area (Å²) < 4.78 is 0. The minimum absolute atomic E-state index is 0. The number of fused-ring (bicyclic) bond motifs is 10. The predicted molar refractivity (Wildman–Crippen MR) is 189 cm³/mol. The number of hydrogen-bond donors (Lipinski definition) is 3. The van der Waals surface area contributed by atoms with Crippen LogP contribution in [0.4, 0.5) is 0 Å². The summed E-state index contributed by atoms with van der Waals surface area (Å²) in [6, 6.07) is 23.5. The van der Waals surface area contributed by atoms with E-state index in [1.54, 1.807) is 12.1 Å². The molecule has 0 fully saturated rings. The van der Waals surface area contributed by atoms with Crippen molar-refractivity contribution in [3.63, 3.8) is 0 Å². The summed E-state index contributed by atoms with van der Waals surface area (Å²) in [5.41, 5.74) is 15.9. The molecular weight excluding hydrogens is 631 g/mol. The van der Waals surface area contributed by atoms with Gasteiger partial charge in [-0.2, -0.15) is 0 Å². The van der Waals surface area contributed by atoms with Crippen molar-refractivity contribution >= 4 is 80.1 Å². The van der Waals surface area contributed by atoms with Gasteiger partial charge in [0.25, 0.3) is 0 Å². The van der Waals surface area contributed by atoms with Gasteiger partial charge >= 0.3 is 23.6 Å². The molecular formula is C38H33GeN5O2+4. The molecule has 0 spiro atoms. The molecule has 6 heterocycles. The van der Waals surface area contributed by atoms with Crippen molar-refractivity contribution in [3.05, 3.63) is 113 Å². The summed E-state index contributed by atoms with van der Waals surface area (Å²) in [6.07, 6.45) is 5.80. The molecule has 0 saturated heterocycles. The Morgan fingerprint density at radius 2 is 1.13 bits per heavy atom. The van der Waals surface area contributed by atoms with Crippen molar-refractivity contribution < 1.29 is 9.90 Å². The maximum absolute atomic E-state index is 11.6. The molecule has 0 radical (unpaired) electrons. The number of nitrogens with one attached hydrogen (secondary N) is 2. The summed E-state index contributed by atoms with van der Waals surface area (Å²) in [5, 5.41) is 9.49. The number of carboxylic acids is 1. The minimum atomic E-state index is -0.952. The van der Waals surface area contributed by atoms with Crippen molar-refractivity contribution in [2.24, 2.45) is 0 Å². The third-order valence-corrected chi connectivity index (χ3v) is 8.69. The molecule has 46 heavy (non-hydrogen) atoms. The fourth-order valence-corrected chi connectivity index (χ4v) is 6.32. The quantitative estimate of drug-likeness (QED) is 0.166. The zero-order valence-corrected chi connectivity index (χ0v) is 28.3. The molecule has 0 atom stereocenters. The summed E-state index contributed by atoms with van der Waals surface area (Å²) >= 11 is 0. The first-order valence-electron chi connectivity index (χ1n) is 15.3. The Hall–Kier alpha value is -5.02. The SMILES string of the molecule is CCC1=C(C)c2cc3ccc([nH]3)c(-c3ccc(C(=O)O)cc3)c3ccc(cc4nc(cc5nc(cc1n2)C=C5)C(CC)=C4C)[nH]3.[Ge+4]. The Labute approximate surface area is 278 Å². The van der Waals surface area contributed by atoms with Crippen LogP contribution in [0.1, 0.15) is 85.1 Å². The van der Waals surface area contributed by atoms with Crippen molar-refractivity contribution in [2.75, 3.05) is 0 Å². The molecule has 0 aliphatic carbocycles. The van der Waals surface area contributed by atoms with Crippen LogP contribution in [0.5, 0.6) is 0 Å². The van der Waals surface area contributed by atoms with Crippen LogP contribution < -0.4 is 0 Å². The average molecular weight is 664 g/mol. The van der Waals surface area contributed by atoms with Crippen LogP contribution in [0.25, 0.3) is 67.6 Å². The molecule has 7 rings (SSSR count). The average Bonchev–Trinajstić information content (AvgIpc) is 3.86. The van der Waals surface area contributed by atoms with E-state index in [1.807, 2.05) is 24.3 Å². The van der Waals surface area contributed by atoms with Gasteiger partial charge in [-0.05, 0) is 127 Å². The van der Waals surface area contributed by atoms with Gasteiger partial charge in [0.2, 0.25) is 0 Å². The predicted octanol–water partition coefficient (Wildman–Crippen LogP) is 8.98. The number of aromatic nitrogens is 5. The molecule has 3 aliphatic rings. The molecule has 4 aromatic rings. The second-order valence-corrected chi connectivity index (χ2v) is 11.5. The molecule has 0 amide bonds. The fourth-order valence-electron chi connectivity index (χ4n) is 6.32. The molecule has 10 bridgehead atoms. The fraction of sp³-hybridized carbons (Fsp3) is 0.158. The summed E-state index contributed by atoms with van der Waals surface area (Å²) in [6.45, 7) is 8.56. The summed E-state index contributed by atoms with van der Waals surface area (Å²) in [4.78, 5) is 33.7. The standard InChI is InChI=1S/C38H33N5O2.Ge/c1-5-29-21(3)33-17-27-13-15-31(40-27)37(23-7-9-24(10-8-23)38(44)45)32-16-14-28(41-32)18-34-22(4)30(6-2)36(43-34)20-26-12-11-25(39-26)19-35(29)42-33;/h7-20,40-41H,5-6H2,1-4H3,(H,44,45);/q;+4. The Morgan fingerprint density at radius 1 is 0.652 bits per heavy atom. The van der Waals surface area contributed by atoms with E-state index in [0.717, 1.165) is 91.3 Å². The maximum Gasteiger partial charge on any atom is 4.00 e. The van der Waals surface area contributed by atoms with E-state index in [4.69, 9.17) is 15.0 Å². The van der Waals surface area contributed by atoms with Gasteiger partial charge in [0.15, 0.2) is 0 Å². The van der Waals surface area contributed by atoms with E-state index in [-0.39, 0.29) is 23.2 Å². The molecule has 3 aliphatic heterocycles. The van der Waals surface area contributed by atoms with Crippen molar-refractivity contribution in [1.29, 1.82) is 0 Å². The van der Waals surface area contributed by atoms with Crippen LogP contribution in [0, 0.1) is 0 Å². The summed E-state index contributed by atoms with van der Waals surface area (Å²) in [7, 11) is 0. The molecule has 0 saturated carbocycles. The van der Waals surface area contributed by atoms with E-state index < -0.39 is 5.97 Å². The van der Waals surface area contributed by atoms with Gasteiger partial charge in [-0.3, -0.25) is 0 Å². The maximum atomic E-state index is 11.6. The number of benzene rings is 1. The van der Waals surface area contributed by atoms with Gasteiger partial charge in [0.1, 0.15) is 0 Å². The Balaban J connectivity index is 0.00000372. The number of carboxylic acid groups (broad SMARTS) is 1. The molecule has 222 valence electrons. The molecule has 8 heteroatoms. The van der Waals surface area contributed by atoms with Crippen molar-refractivity contribution in [1.82, 2.24) is 24.9 Å². The third kappa shape index (κ3) is 5.63. The van der Waals surface area contributed by atoms with E-state index in [1.165, 1.54) is 11.1 Å². The first kappa shape index (κ1) is 31.0. The van der Waals surface area contributed by atoms with Crippen LogP contribution in [0.15, 0.2) is 72.8 Å². The number of aromatic carboxylic acids is 1. The number of aromatic amines is 2. The summed E-state index contributed by atoms with van der Waals surface area (Å²) in [5.74, 6) is -0.952. The van der Waals surface area contributed by atoms with Crippen molar-refractivity contribution in [2.45, 2.75) is 40.5 Å². The van der Waals surface area contributed by atoms with Gasteiger partial charge in [0, 0.05) is 27.6 Å². The molecule has 0 unspecified atom stereocenters.